The summed E-state index contributed by atoms with van der Waals surface area (Å²) in [6, 6.07) is 14.6. The van der Waals surface area contributed by atoms with E-state index in [-0.39, 0.29) is 17.9 Å². The van der Waals surface area contributed by atoms with Gasteiger partial charge in [0, 0.05) is 37.1 Å². The Hall–Kier alpha value is -3.38. The SMILES string of the molecule is C=CC(=O)N(C)c1ccc(C(=O)NC(COC)c2ccc3[nH]ccc3c2)cc1. The van der Waals surface area contributed by atoms with Gasteiger partial charge in [-0.15, -0.1) is 0 Å². The maximum Gasteiger partial charge on any atom is 0.251 e. The topological polar surface area (TPSA) is 74.4 Å². The highest BCUT2D eigenvalue weighted by molar-refractivity contribution is 6.01. The number of rotatable bonds is 7. The summed E-state index contributed by atoms with van der Waals surface area (Å²) >= 11 is 0. The fraction of sp³-hybridized carbons (Fsp3) is 0.182. The lowest BCUT2D eigenvalue weighted by Gasteiger charge is -2.19. The van der Waals surface area contributed by atoms with Gasteiger partial charge in [-0.3, -0.25) is 9.59 Å². The van der Waals surface area contributed by atoms with Crippen molar-refractivity contribution in [2.45, 2.75) is 6.04 Å². The summed E-state index contributed by atoms with van der Waals surface area (Å²) in [5.41, 5.74) is 3.20. The van der Waals surface area contributed by atoms with Crippen LogP contribution in [0.2, 0.25) is 0 Å². The first-order valence-corrected chi connectivity index (χ1v) is 8.90. The monoisotopic (exact) mass is 377 g/mol. The van der Waals surface area contributed by atoms with Crippen molar-refractivity contribution in [2.75, 3.05) is 25.7 Å². The van der Waals surface area contributed by atoms with Crippen LogP contribution in [-0.2, 0) is 9.53 Å². The Morgan fingerprint density at radius 1 is 1.21 bits per heavy atom. The van der Waals surface area contributed by atoms with Crippen LogP contribution in [0, 0.1) is 0 Å². The molecular weight excluding hydrogens is 354 g/mol. The second-order valence-electron chi connectivity index (χ2n) is 6.45. The zero-order valence-corrected chi connectivity index (χ0v) is 15.9. The minimum absolute atomic E-state index is 0.208. The lowest BCUT2D eigenvalue weighted by molar-refractivity contribution is -0.113. The number of amides is 2. The van der Waals surface area contributed by atoms with Crippen molar-refractivity contribution >= 4 is 28.4 Å². The quantitative estimate of drug-likeness (QED) is 0.620. The number of anilines is 1. The number of carbonyl (C=O) groups excluding carboxylic acids is 2. The number of carbonyl (C=O) groups is 2. The summed E-state index contributed by atoms with van der Waals surface area (Å²) in [5.74, 6) is -0.419. The Bertz CT molecular complexity index is 992. The van der Waals surface area contributed by atoms with E-state index in [1.54, 1.807) is 38.4 Å². The molecule has 6 nitrogen and oxygen atoms in total. The van der Waals surface area contributed by atoms with Gasteiger partial charge in [-0.2, -0.15) is 0 Å². The van der Waals surface area contributed by atoms with Gasteiger partial charge in [0.15, 0.2) is 0 Å². The number of aromatic amines is 1. The minimum atomic E-state index is -0.276. The fourth-order valence-corrected chi connectivity index (χ4v) is 3.02. The van der Waals surface area contributed by atoms with Crippen LogP contribution >= 0.6 is 0 Å². The average molecular weight is 377 g/mol. The van der Waals surface area contributed by atoms with E-state index in [2.05, 4.69) is 16.9 Å². The van der Waals surface area contributed by atoms with Gasteiger partial charge >= 0.3 is 0 Å². The van der Waals surface area contributed by atoms with Gasteiger partial charge < -0.3 is 19.9 Å². The van der Waals surface area contributed by atoms with E-state index >= 15 is 0 Å². The van der Waals surface area contributed by atoms with Crippen LogP contribution in [0.4, 0.5) is 5.69 Å². The summed E-state index contributed by atoms with van der Waals surface area (Å²) in [6.07, 6.45) is 3.13. The molecule has 1 heterocycles. The smallest absolute Gasteiger partial charge is 0.251 e. The second kappa shape index (κ2) is 8.54. The molecule has 1 atom stereocenters. The van der Waals surface area contributed by atoms with E-state index in [4.69, 9.17) is 4.74 Å². The van der Waals surface area contributed by atoms with Crippen LogP contribution in [0.3, 0.4) is 0 Å². The summed E-state index contributed by atoms with van der Waals surface area (Å²) in [5, 5.41) is 4.10. The standard InChI is InChI=1S/C22H23N3O3/c1-4-21(26)25(2)18-8-5-15(6-9-18)22(27)24-20(14-28-3)16-7-10-19-17(13-16)11-12-23-19/h4-13,20,23H,1,14H2,2-3H3,(H,24,27). The summed E-state index contributed by atoms with van der Waals surface area (Å²) < 4.78 is 5.30. The van der Waals surface area contributed by atoms with Crippen molar-refractivity contribution in [1.82, 2.24) is 10.3 Å². The number of fused-ring (bicyclic) bond motifs is 1. The van der Waals surface area contributed by atoms with E-state index < -0.39 is 0 Å². The van der Waals surface area contributed by atoms with Gasteiger partial charge in [-0.1, -0.05) is 12.6 Å². The number of benzene rings is 2. The minimum Gasteiger partial charge on any atom is -0.382 e. The number of hydrogen-bond acceptors (Lipinski definition) is 3. The number of nitrogens with one attached hydrogen (secondary N) is 2. The Morgan fingerprint density at radius 3 is 2.64 bits per heavy atom. The second-order valence-corrected chi connectivity index (χ2v) is 6.45. The Labute approximate surface area is 163 Å². The average Bonchev–Trinajstić information content (AvgIpc) is 3.20. The lowest BCUT2D eigenvalue weighted by Crippen LogP contribution is -2.31. The molecule has 0 saturated heterocycles. The Balaban J connectivity index is 1.76. The third-order valence-corrected chi connectivity index (χ3v) is 4.64. The third-order valence-electron chi connectivity index (χ3n) is 4.64. The molecule has 3 rings (SSSR count). The molecule has 144 valence electrons. The third kappa shape index (κ3) is 4.13. The number of likely N-dealkylation sites (N-methyl/N-ethyl adjacent to an activating group) is 1. The number of H-pyrrole nitrogens is 1. The van der Waals surface area contributed by atoms with Crippen molar-refractivity contribution in [3.63, 3.8) is 0 Å². The highest BCUT2D eigenvalue weighted by Crippen LogP contribution is 2.21. The molecule has 1 aromatic heterocycles. The molecule has 2 N–H and O–H groups in total. The van der Waals surface area contributed by atoms with Crippen molar-refractivity contribution in [3.05, 3.63) is 78.5 Å². The van der Waals surface area contributed by atoms with Gasteiger partial charge in [0.25, 0.3) is 5.91 Å². The number of hydrogen-bond donors (Lipinski definition) is 2. The highest BCUT2D eigenvalue weighted by Gasteiger charge is 2.17. The van der Waals surface area contributed by atoms with Gasteiger partial charge in [-0.05, 0) is 59.5 Å². The maximum atomic E-state index is 12.7. The molecule has 28 heavy (non-hydrogen) atoms. The van der Waals surface area contributed by atoms with Crippen LogP contribution in [0.15, 0.2) is 67.4 Å². The Morgan fingerprint density at radius 2 is 1.96 bits per heavy atom. The van der Waals surface area contributed by atoms with Gasteiger partial charge in [0.2, 0.25) is 5.91 Å². The van der Waals surface area contributed by atoms with Crippen LogP contribution in [0.1, 0.15) is 22.0 Å². The van der Waals surface area contributed by atoms with Crippen molar-refractivity contribution in [1.29, 1.82) is 0 Å². The summed E-state index contributed by atoms with van der Waals surface area (Å²) in [6.45, 7) is 3.84. The predicted molar refractivity (Wildman–Crippen MR) is 110 cm³/mol. The molecule has 0 aliphatic carbocycles. The van der Waals surface area contributed by atoms with Gasteiger partial charge in [-0.25, -0.2) is 0 Å². The number of aromatic nitrogens is 1. The maximum absolute atomic E-state index is 12.7. The van der Waals surface area contributed by atoms with Crippen LogP contribution in [0.5, 0.6) is 0 Å². The van der Waals surface area contributed by atoms with E-state index in [1.807, 2.05) is 30.5 Å². The molecule has 0 fully saturated rings. The molecule has 3 aromatic rings. The number of nitrogens with zero attached hydrogens (tertiary/aromatic N) is 1. The molecule has 2 aromatic carbocycles. The van der Waals surface area contributed by atoms with E-state index in [0.717, 1.165) is 16.5 Å². The highest BCUT2D eigenvalue weighted by atomic mass is 16.5. The molecule has 6 heteroatoms. The van der Waals surface area contributed by atoms with Crippen molar-refractivity contribution < 1.29 is 14.3 Å². The largest absolute Gasteiger partial charge is 0.382 e. The molecule has 0 aliphatic heterocycles. The van der Waals surface area contributed by atoms with Crippen LogP contribution < -0.4 is 10.2 Å². The van der Waals surface area contributed by atoms with Crippen molar-refractivity contribution in [3.8, 4) is 0 Å². The molecule has 1 unspecified atom stereocenters. The molecule has 0 aliphatic rings. The first-order valence-electron chi connectivity index (χ1n) is 8.90. The van der Waals surface area contributed by atoms with E-state index in [0.29, 0.717) is 17.9 Å². The van der Waals surface area contributed by atoms with Gasteiger partial charge in [0.05, 0.1) is 12.6 Å². The fourth-order valence-electron chi connectivity index (χ4n) is 3.02. The molecule has 0 bridgehead atoms. The number of methoxy groups -OCH3 is 1. The molecule has 0 saturated carbocycles. The first-order chi connectivity index (χ1) is 13.5. The molecular formula is C22H23N3O3. The lowest BCUT2D eigenvalue weighted by atomic mass is 10.0. The van der Waals surface area contributed by atoms with Gasteiger partial charge in [0.1, 0.15) is 0 Å². The first kappa shape index (κ1) is 19.4. The number of ether oxygens (including phenoxy) is 1. The summed E-state index contributed by atoms with van der Waals surface area (Å²) in [4.78, 5) is 29.0. The zero-order valence-electron chi connectivity index (χ0n) is 15.9. The molecule has 2 amide bonds. The Kier molecular flexibility index (Phi) is 5.91. The normalized spacial score (nSPS) is 11.8. The predicted octanol–water partition coefficient (Wildman–Crippen LogP) is 3.43. The van der Waals surface area contributed by atoms with E-state index in [1.165, 1.54) is 11.0 Å². The van der Waals surface area contributed by atoms with Crippen LogP contribution in [0.25, 0.3) is 10.9 Å². The summed E-state index contributed by atoms with van der Waals surface area (Å²) in [7, 11) is 3.26. The zero-order chi connectivity index (χ0) is 20.1. The van der Waals surface area contributed by atoms with Crippen molar-refractivity contribution in [2.24, 2.45) is 0 Å². The van der Waals surface area contributed by atoms with Crippen LogP contribution in [-0.4, -0.2) is 37.6 Å². The molecule has 0 radical (unpaired) electrons. The van der Waals surface area contributed by atoms with E-state index in [9.17, 15) is 9.59 Å². The molecule has 0 spiro atoms.